The van der Waals surface area contributed by atoms with Crippen molar-refractivity contribution in [3.05, 3.63) is 65.5 Å². The van der Waals surface area contributed by atoms with Crippen molar-refractivity contribution in [1.82, 2.24) is 5.32 Å². The van der Waals surface area contributed by atoms with Crippen LogP contribution in [0.4, 0.5) is 10.1 Å². The van der Waals surface area contributed by atoms with Crippen molar-refractivity contribution in [1.29, 1.82) is 0 Å². The Morgan fingerprint density at radius 1 is 1.18 bits per heavy atom. The molecule has 0 radical (unpaired) electrons. The maximum atomic E-state index is 14.3. The van der Waals surface area contributed by atoms with Gasteiger partial charge in [0.15, 0.2) is 0 Å². The summed E-state index contributed by atoms with van der Waals surface area (Å²) in [6, 6.07) is 11.8. The van der Waals surface area contributed by atoms with Gasteiger partial charge in [0.1, 0.15) is 5.82 Å². The zero-order valence-electron chi connectivity index (χ0n) is 15.4. The van der Waals surface area contributed by atoms with Crippen LogP contribution in [-0.4, -0.2) is 29.4 Å². The third-order valence-electron chi connectivity index (χ3n) is 4.91. The lowest BCUT2D eigenvalue weighted by Crippen LogP contribution is -2.36. The van der Waals surface area contributed by atoms with Gasteiger partial charge in [0.2, 0.25) is 5.91 Å². The number of nitrogens with zero attached hydrogens (tertiary/aromatic N) is 1. The highest BCUT2D eigenvalue weighted by Gasteiger charge is 2.29. The van der Waals surface area contributed by atoms with Crippen molar-refractivity contribution in [2.75, 3.05) is 11.4 Å². The quantitative estimate of drug-likeness (QED) is 0.801. The molecule has 0 aromatic heterocycles. The number of carbonyl (C=O) groups is 3. The summed E-state index contributed by atoms with van der Waals surface area (Å²) >= 11 is 0. The third kappa shape index (κ3) is 4.03. The first-order valence-corrected chi connectivity index (χ1v) is 9.07. The van der Waals surface area contributed by atoms with Crippen LogP contribution >= 0.6 is 0 Å². The van der Waals surface area contributed by atoms with Crippen LogP contribution in [0.1, 0.15) is 41.7 Å². The molecular formula is C21H21FN2O4. The van der Waals surface area contributed by atoms with Crippen LogP contribution < -0.4 is 10.2 Å². The number of carboxylic acids is 1. The van der Waals surface area contributed by atoms with Gasteiger partial charge in [-0.3, -0.25) is 14.4 Å². The number of carbonyl (C=O) groups excluding carboxylic acids is 2. The van der Waals surface area contributed by atoms with Gasteiger partial charge in [-0.15, -0.1) is 0 Å². The van der Waals surface area contributed by atoms with Crippen LogP contribution in [-0.2, 0) is 9.59 Å². The minimum atomic E-state index is -1.08. The fraction of sp³-hybridized carbons (Fsp3) is 0.286. The predicted octanol–water partition coefficient (Wildman–Crippen LogP) is 3.14. The Labute approximate surface area is 162 Å². The van der Waals surface area contributed by atoms with Gasteiger partial charge in [0.05, 0.1) is 17.5 Å². The monoisotopic (exact) mass is 384 g/mol. The molecule has 1 saturated heterocycles. The van der Waals surface area contributed by atoms with Gasteiger partial charge in [-0.25, -0.2) is 4.39 Å². The van der Waals surface area contributed by atoms with E-state index in [1.807, 2.05) is 0 Å². The van der Waals surface area contributed by atoms with Crippen LogP contribution in [0.5, 0.6) is 0 Å². The average Bonchev–Trinajstić information content (AvgIpc) is 3.12. The van der Waals surface area contributed by atoms with E-state index in [0.29, 0.717) is 30.6 Å². The lowest BCUT2D eigenvalue weighted by atomic mass is 9.94. The summed E-state index contributed by atoms with van der Waals surface area (Å²) in [6.45, 7) is 2.00. The maximum Gasteiger partial charge on any atom is 0.308 e. The minimum absolute atomic E-state index is 0.0698. The molecule has 1 aliphatic heterocycles. The van der Waals surface area contributed by atoms with Gasteiger partial charge in [-0.2, -0.15) is 0 Å². The minimum Gasteiger partial charge on any atom is -0.481 e. The van der Waals surface area contributed by atoms with Gasteiger partial charge < -0.3 is 15.3 Å². The molecule has 2 aromatic rings. The molecule has 2 amide bonds. The molecule has 1 fully saturated rings. The first-order valence-electron chi connectivity index (χ1n) is 9.07. The van der Waals surface area contributed by atoms with E-state index in [0.717, 1.165) is 6.07 Å². The first kappa shape index (κ1) is 19.5. The maximum absolute atomic E-state index is 14.3. The summed E-state index contributed by atoms with van der Waals surface area (Å²) < 4.78 is 14.3. The molecule has 0 spiro atoms. The largest absolute Gasteiger partial charge is 0.481 e. The van der Waals surface area contributed by atoms with Crippen LogP contribution in [0.15, 0.2) is 48.5 Å². The van der Waals surface area contributed by atoms with E-state index >= 15 is 0 Å². The molecule has 2 atom stereocenters. The number of hydrogen-bond acceptors (Lipinski definition) is 3. The van der Waals surface area contributed by atoms with Crippen molar-refractivity contribution >= 4 is 23.5 Å². The topological polar surface area (TPSA) is 86.7 Å². The number of hydrogen-bond donors (Lipinski definition) is 2. The number of aliphatic carboxylic acids is 1. The second kappa shape index (κ2) is 8.21. The summed E-state index contributed by atoms with van der Waals surface area (Å²) in [7, 11) is 0. The van der Waals surface area contributed by atoms with Crippen molar-refractivity contribution in [3.63, 3.8) is 0 Å². The van der Waals surface area contributed by atoms with Gasteiger partial charge >= 0.3 is 5.97 Å². The number of amides is 2. The number of nitrogens with one attached hydrogen (secondary N) is 1. The van der Waals surface area contributed by atoms with Gasteiger partial charge in [-0.05, 0) is 37.1 Å². The Balaban J connectivity index is 1.89. The third-order valence-corrected chi connectivity index (χ3v) is 4.91. The molecule has 0 unspecified atom stereocenters. The molecule has 2 aromatic carbocycles. The Kier molecular flexibility index (Phi) is 5.73. The van der Waals surface area contributed by atoms with Crippen LogP contribution in [0, 0.1) is 11.7 Å². The Morgan fingerprint density at radius 3 is 2.50 bits per heavy atom. The molecule has 6 nitrogen and oxygen atoms in total. The molecule has 146 valence electrons. The summed E-state index contributed by atoms with van der Waals surface area (Å²) in [6.07, 6.45) is 1.13. The van der Waals surface area contributed by atoms with Crippen molar-refractivity contribution < 1.29 is 23.9 Å². The van der Waals surface area contributed by atoms with Crippen molar-refractivity contribution in [3.8, 4) is 0 Å². The normalized spacial score (nSPS) is 15.9. The molecule has 3 rings (SSSR count). The number of halogens is 1. The highest BCUT2D eigenvalue weighted by Crippen LogP contribution is 2.26. The Hall–Kier alpha value is -3.22. The number of anilines is 1. The highest BCUT2D eigenvalue weighted by atomic mass is 19.1. The lowest BCUT2D eigenvalue weighted by molar-refractivity contribution is -0.142. The van der Waals surface area contributed by atoms with E-state index in [-0.39, 0.29) is 11.5 Å². The molecule has 1 aliphatic rings. The molecule has 0 saturated carbocycles. The van der Waals surface area contributed by atoms with E-state index in [2.05, 4.69) is 5.32 Å². The summed E-state index contributed by atoms with van der Waals surface area (Å²) in [5.74, 6) is -3.53. The summed E-state index contributed by atoms with van der Waals surface area (Å²) in [5.41, 5.74) is 0.837. The van der Waals surface area contributed by atoms with E-state index in [9.17, 15) is 23.9 Å². The molecule has 0 bridgehead atoms. The zero-order valence-corrected chi connectivity index (χ0v) is 15.4. The zero-order chi connectivity index (χ0) is 20.3. The fourth-order valence-corrected chi connectivity index (χ4v) is 3.30. The molecule has 2 N–H and O–H groups in total. The van der Waals surface area contributed by atoms with Crippen LogP contribution in [0.25, 0.3) is 0 Å². The fourth-order valence-electron chi connectivity index (χ4n) is 3.30. The smallest absolute Gasteiger partial charge is 0.308 e. The molecule has 28 heavy (non-hydrogen) atoms. The van der Waals surface area contributed by atoms with Gasteiger partial charge in [0, 0.05) is 18.7 Å². The van der Waals surface area contributed by atoms with E-state index < -0.39 is 29.7 Å². The lowest BCUT2D eigenvalue weighted by Gasteiger charge is -2.23. The van der Waals surface area contributed by atoms with Gasteiger partial charge in [-0.1, -0.05) is 30.3 Å². The number of carboxylic acid groups (broad SMARTS) is 1. The SMILES string of the molecule is C[C@H](C(=O)O)[C@H](NC(=O)c1cc(N2CCCC2=O)ccc1F)c1ccccc1. The standard InChI is InChI=1S/C21H21FN2O4/c1-13(21(27)28)19(14-6-3-2-4-7-14)23-20(26)16-12-15(9-10-17(16)22)24-11-5-8-18(24)25/h2-4,6-7,9-10,12-13,19H,5,8,11H2,1H3,(H,23,26)(H,27,28)/t13-,19-/m0/s1. The summed E-state index contributed by atoms with van der Waals surface area (Å²) in [4.78, 5) is 37.7. The van der Waals surface area contributed by atoms with E-state index in [1.54, 1.807) is 30.3 Å². The van der Waals surface area contributed by atoms with E-state index in [4.69, 9.17) is 0 Å². The molecule has 7 heteroatoms. The highest BCUT2D eigenvalue weighted by molar-refractivity contribution is 5.99. The van der Waals surface area contributed by atoms with Crippen molar-refractivity contribution in [2.45, 2.75) is 25.8 Å². The molecule has 1 heterocycles. The average molecular weight is 384 g/mol. The predicted molar refractivity (Wildman–Crippen MR) is 101 cm³/mol. The van der Waals surface area contributed by atoms with Crippen LogP contribution in [0.2, 0.25) is 0 Å². The number of benzene rings is 2. The number of rotatable bonds is 6. The molecule has 0 aliphatic carbocycles. The van der Waals surface area contributed by atoms with Crippen LogP contribution in [0.3, 0.4) is 0 Å². The Bertz CT molecular complexity index is 901. The van der Waals surface area contributed by atoms with Gasteiger partial charge in [0.25, 0.3) is 5.91 Å². The summed E-state index contributed by atoms with van der Waals surface area (Å²) in [5, 5.41) is 12.0. The second-order valence-corrected chi connectivity index (χ2v) is 6.80. The van der Waals surface area contributed by atoms with E-state index in [1.165, 1.54) is 24.0 Å². The molecular weight excluding hydrogens is 363 g/mol. The second-order valence-electron chi connectivity index (χ2n) is 6.80. The Morgan fingerprint density at radius 2 is 1.89 bits per heavy atom. The first-order chi connectivity index (χ1) is 13.4. The van der Waals surface area contributed by atoms with Crippen molar-refractivity contribution in [2.24, 2.45) is 5.92 Å².